The highest BCUT2D eigenvalue weighted by molar-refractivity contribution is 5.17. The predicted molar refractivity (Wildman–Crippen MR) is 59.5 cm³/mol. The molecule has 2 heterocycles. The van der Waals surface area contributed by atoms with Crippen LogP contribution in [-0.4, -0.2) is 34.3 Å². The lowest BCUT2D eigenvalue weighted by Crippen LogP contribution is -2.34. The first-order valence-corrected chi connectivity index (χ1v) is 5.92. The average molecular weight is 277 g/mol. The first-order valence-electron chi connectivity index (χ1n) is 5.92. The van der Waals surface area contributed by atoms with Crippen LogP contribution in [0.1, 0.15) is 24.4 Å². The van der Waals surface area contributed by atoms with Crippen molar-refractivity contribution in [2.45, 2.75) is 31.7 Å². The van der Waals surface area contributed by atoms with Gasteiger partial charge in [-0.1, -0.05) is 0 Å². The van der Waals surface area contributed by atoms with Gasteiger partial charge in [-0.25, -0.2) is 4.98 Å². The van der Waals surface area contributed by atoms with E-state index in [0.717, 1.165) is 13.1 Å². The molecule has 0 atom stereocenters. The number of piperidine rings is 1. The summed E-state index contributed by atoms with van der Waals surface area (Å²) < 4.78 is 43.2. The molecule has 0 unspecified atom stereocenters. The first kappa shape index (κ1) is 14.0. The second-order valence-corrected chi connectivity index (χ2v) is 4.24. The monoisotopic (exact) mass is 277 g/mol. The molecule has 106 valence electrons. The van der Waals surface area contributed by atoms with Gasteiger partial charge in [0.15, 0.2) is 0 Å². The molecule has 8 heteroatoms. The zero-order valence-electron chi connectivity index (χ0n) is 10.1. The van der Waals surface area contributed by atoms with E-state index in [1.54, 1.807) is 0 Å². The third kappa shape index (κ3) is 3.77. The van der Waals surface area contributed by atoms with E-state index in [4.69, 9.17) is 9.84 Å². The van der Waals surface area contributed by atoms with E-state index in [9.17, 15) is 13.2 Å². The molecule has 0 radical (unpaired) electrons. The fourth-order valence-corrected chi connectivity index (χ4v) is 1.82. The highest BCUT2D eigenvalue weighted by atomic mass is 19.4. The third-order valence-electron chi connectivity index (χ3n) is 2.74. The lowest BCUT2D eigenvalue weighted by molar-refractivity contribution is -0.145. The van der Waals surface area contributed by atoms with Crippen LogP contribution in [0.15, 0.2) is 6.07 Å². The van der Waals surface area contributed by atoms with E-state index in [-0.39, 0.29) is 17.7 Å². The molecule has 1 aliphatic rings. The zero-order chi connectivity index (χ0) is 13.9. The van der Waals surface area contributed by atoms with Crippen LogP contribution in [0.3, 0.4) is 0 Å². The van der Waals surface area contributed by atoms with Crippen LogP contribution in [0.2, 0.25) is 0 Å². The number of hydrogen-bond donors (Lipinski definition) is 2. The maximum atomic E-state index is 12.6. The molecule has 1 fully saturated rings. The van der Waals surface area contributed by atoms with Crippen LogP contribution in [0.25, 0.3) is 0 Å². The minimum atomic E-state index is -4.66. The second-order valence-electron chi connectivity index (χ2n) is 4.24. The Kier molecular flexibility index (Phi) is 4.20. The summed E-state index contributed by atoms with van der Waals surface area (Å²) in [6.45, 7) is 0.928. The van der Waals surface area contributed by atoms with Crippen LogP contribution in [0.5, 0.6) is 5.88 Å². The smallest absolute Gasteiger partial charge is 0.451 e. The quantitative estimate of drug-likeness (QED) is 0.866. The van der Waals surface area contributed by atoms with Crippen LogP contribution in [-0.2, 0) is 12.8 Å². The number of nitrogens with one attached hydrogen (secondary N) is 1. The molecule has 0 saturated carbocycles. The van der Waals surface area contributed by atoms with Crippen LogP contribution < -0.4 is 10.1 Å². The van der Waals surface area contributed by atoms with Crippen LogP contribution >= 0.6 is 0 Å². The number of rotatable bonds is 3. The van der Waals surface area contributed by atoms with Crippen molar-refractivity contribution < 1.29 is 23.0 Å². The van der Waals surface area contributed by atoms with Gasteiger partial charge in [-0.3, -0.25) is 0 Å². The molecule has 1 aromatic heterocycles. The van der Waals surface area contributed by atoms with Gasteiger partial charge >= 0.3 is 6.18 Å². The van der Waals surface area contributed by atoms with Crippen molar-refractivity contribution in [2.24, 2.45) is 0 Å². The van der Waals surface area contributed by atoms with Gasteiger partial charge < -0.3 is 15.2 Å². The number of halogens is 3. The minimum absolute atomic E-state index is 0.105. The molecular weight excluding hydrogens is 263 g/mol. The largest absolute Gasteiger partial charge is 0.474 e. The summed E-state index contributed by atoms with van der Waals surface area (Å²) in [4.78, 5) is 6.59. The number of ether oxygens (including phenoxy) is 1. The maximum Gasteiger partial charge on any atom is 0.451 e. The molecular formula is C11H14F3N3O2. The fraction of sp³-hybridized carbons (Fsp3) is 0.636. The van der Waals surface area contributed by atoms with Gasteiger partial charge in [-0.2, -0.15) is 18.2 Å². The molecule has 5 nitrogen and oxygen atoms in total. The molecule has 0 aromatic carbocycles. The van der Waals surface area contributed by atoms with Crippen molar-refractivity contribution in [3.05, 3.63) is 17.6 Å². The maximum absolute atomic E-state index is 12.6. The Morgan fingerprint density at radius 2 is 2.00 bits per heavy atom. The summed E-state index contributed by atoms with van der Waals surface area (Å²) in [5.41, 5.74) is -0.105. The number of aliphatic hydroxyl groups excluding tert-OH is 1. The molecule has 0 spiro atoms. The summed E-state index contributed by atoms with van der Waals surface area (Å²) in [6, 6.07) is 1.23. The summed E-state index contributed by atoms with van der Waals surface area (Å²) >= 11 is 0. The van der Waals surface area contributed by atoms with Gasteiger partial charge in [0.05, 0.1) is 12.3 Å². The molecule has 1 aliphatic heterocycles. The molecule has 0 aliphatic carbocycles. The molecule has 2 N–H and O–H groups in total. The van der Waals surface area contributed by atoms with Crippen LogP contribution in [0.4, 0.5) is 13.2 Å². The topological polar surface area (TPSA) is 67.3 Å². The normalized spacial score (nSPS) is 17.5. The molecule has 19 heavy (non-hydrogen) atoms. The Morgan fingerprint density at radius 1 is 1.32 bits per heavy atom. The number of hydrogen-bond acceptors (Lipinski definition) is 5. The van der Waals surface area contributed by atoms with Crippen molar-refractivity contribution in [1.29, 1.82) is 0 Å². The number of aromatic nitrogens is 2. The van der Waals surface area contributed by atoms with E-state index in [1.165, 1.54) is 6.07 Å². The summed E-state index contributed by atoms with van der Waals surface area (Å²) in [7, 11) is 0. The van der Waals surface area contributed by atoms with Gasteiger partial charge in [0.25, 0.3) is 0 Å². The van der Waals surface area contributed by atoms with Crippen molar-refractivity contribution >= 4 is 0 Å². The summed E-state index contributed by atoms with van der Waals surface area (Å²) in [5.74, 6) is -1.43. The van der Waals surface area contributed by atoms with Crippen molar-refractivity contribution in [3.63, 3.8) is 0 Å². The predicted octanol–water partition coefficient (Wildman–Crippen LogP) is 1.12. The molecule has 1 aromatic rings. The molecule has 1 saturated heterocycles. The Morgan fingerprint density at radius 3 is 2.58 bits per heavy atom. The van der Waals surface area contributed by atoms with Crippen molar-refractivity contribution in [2.75, 3.05) is 13.1 Å². The van der Waals surface area contributed by atoms with Gasteiger partial charge in [0.2, 0.25) is 11.7 Å². The Balaban J connectivity index is 2.19. The molecule has 0 bridgehead atoms. The van der Waals surface area contributed by atoms with E-state index >= 15 is 0 Å². The first-order chi connectivity index (χ1) is 8.99. The Labute approximate surface area is 107 Å². The fourth-order valence-electron chi connectivity index (χ4n) is 1.82. The standard InChI is InChI=1S/C11H14F3N3O2/c12-11(13,14)10-16-7(6-18)5-9(17-10)19-8-1-3-15-4-2-8/h5,8,15,18H,1-4,6H2. The van der Waals surface area contributed by atoms with E-state index < -0.39 is 18.6 Å². The SMILES string of the molecule is OCc1cc(OC2CCNCC2)nc(C(F)(F)F)n1. The lowest BCUT2D eigenvalue weighted by atomic mass is 10.1. The number of aliphatic hydroxyl groups is 1. The minimum Gasteiger partial charge on any atom is -0.474 e. The highest BCUT2D eigenvalue weighted by Crippen LogP contribution is 2.28. The molecule has 0 amide bonds. The lowest BCUT2D eigenvalue weighted by Gasteiger charge is -2.23. The van der Waals surface area contributed by atoms with Gasteiger partial charge in [0, 0.05) is 6.07 Å². The van der Waals surface area contributed by atoms with Gasteiger partial charge in [0.1, 0.15) is 6.10 Å². The Hall–Kier alpha value is -1.41. The van der Waals surface area contributed by atoms with Crippen molar-refractivity contribution in [1.82, 2.24) is 15.3 Å². The average Bonchev–Trinajstić information content (AvgIpc) is 2.38. The second kappa shape index (κ2) is 5.70. The van der Waals surface area contributed by atoms with Crippen LogP contribution in [0, 0.1) is 0 Å². The third-order valence-corrected chi connectivity index (χ3v) is 2.74. The summed E-state index contributed by atoms with van der Waals surface area (Å²) in [5, 5.41) is 12.1. The van der Waals surface area contributed by atoms with E-state index in [2.05, 4.69) is 15.3 Å². The van der Waals surface area contributed by atoms with Gasteiger partial charge in [-0.05, 0) is 25.9 Å². The highest BCUT2D eigenvalue weighted by Gasteiger charge is 2.35. The molecule has 2 rings (SSSR count). The van der Waals surface area contributed by atoms with Gasteiger partial charge in [-0.15, -0.1) is 0 Å². The number of nitrogens with zero attached hydrogens (tertiary/aromatic N) is 2. The number of alkyl halides is 3. The Bertz CT molecular complexity index is 434. The van der Waals surface area contributed by atoms with E-state index in [1.807, 2.05) is 0 Å². The zero-order valence-corrected chi connectivity index (χ0v) is 10.1. The van der Waals surface area contributed by atoms with E-state index in [0.29, 0.717) is 12.8 Å². The summed E-state index contributed by atoms with van der Waals surface area (Å²) in [6.07, 6.45) is -3.40. The van der Waals surface area contributed by atoms with Crippen molar-refractivity contribution in [3.8, 4) is 5.88 Å².